The van der Waals surface area contributed by atoms with E-state index in [0.717, 1.165) is 18.0 Å². The molecule has 0 aliphatic carbocycles. The molecule has 0 aromatic carbocycles. The maximum Gasteiger partial charge on any atom is 0.341 e. The molecule has 6 heteroatoms. The fraction of sp³-hybridized carbons (Fsp3) is 0.500. The van der Waals surface area contributed by atoms with E-state index >= 15 is 0 Å². The van der Waals surface area contributed by atoms with E-state index in [1.54, 1.807) is 0 Å². The van der Waals surface area contributed by atoms with E-state index in [1.807, 2.05) is 6.92 Å². The Balaban J connectivity index is 2.47. The third-order valence-electron chi connectivity index (χ3n) is 1.08. The highest BCUT2D eigenvalue weighted by atomic mass is 32.1. The third kappa shape index (κ3) is 2.46. The fourth-order valence-electron chi connectivity index (χ4n) is 0.564. The van der Waals surface area contributed by atoms with Crippen LogP contribution in [0.2, 0.25) is 0 Å². The van der Waals surface area contributed by atoms with E-state index in [0.29, 0.717) is 11.0 Å². The maximum absolute atomic E-state index is 10.1. The van der Waals surface area contributed by atoms with Gasteiger partial charge in [-0.3, -0.25) is 0 Å². The summed E-state index contributed by atoms with van der Waals surface area (Å²) in [7, 11) is 0. The second-order valence-electron chi connectivity index (χ2n) is 2.01. The number of nitrogens with zero attached hydrogens (tertiary/aromatic N) is 2. The molecule has 0 unspecified atom stereocenters. The number of carbonyl (C=O) groups is 1. The number of aryl methyl sites for hydroxylation is 1. The van der Waals surface area contributed by atoms with Gasteiger partial charge < -0.3 is 9.84 Å². The van der Waals surface area contributed by atoms with Gasteiger partial charge in [0.25, 0.3) is 5.19 Å². The molecule has 0 saturated heterocycles. The summed E-state index contributed by atoms with van der Waals surface area (Å²) in [5.41, 5.74) is 0. The van der Waals surface area contributed by atoms with Crippen LogP contribution in [0.15, 0.2) is 0 Å². The Bertz CT molecular complexity index is 274. The summed E-state index contributed by atoms with van der Waals surface area (Å²) in [6.07, 6.45) is 0.729. The number of hydrogen-bond acceptors (Lipinski definition) is 5. The van der Waals surface area contributed by atoms with Crippen molar-refractivity contribution in [1.82, 2.24) is 9.36 Å². The van der Waals surface area contributed by atoms with Crippen molar-refractivity contribution in [1.29, 1.82) is 0 Å². The topological polar surface area (TPSA) is 72.3 Å². The number of aliphatic carboxylic acids is 1. The van der Waals surface area contributed by atoms with Crippen LogP contribution in [0.4, 0.5) is 0 Å². The maximum atomic E-state index is 10.1. The van der Waals surface area contributed by atoms with E-state index < -0.39 is 5.97 Å². The molecular weight excluding hydrogens is 180 g/mol. The predicted octanol–water partition coefficient (Wildman–Crippen LogP) is 0.564. The minimum Gasteiger partial charge on any atom is -0.479 e. The van der Waals surface area contributed by atoms with Gasteiger partial charge in [-0.25, -0.2) is 4.79 Å². The van der Waals surface area contributed by atoms with Gasteiger partial charge in [-0.2, -0.15) is 9.36 Å². The van der Waals surface area contributed by atoms with Crippen LogP contribution < -0.4 is 4.74 Å². The summed E-state index contributed by atoms with van der Waals surface area (Å²) in [6, 6.07) is 0. The molecule has 66 valence electrons. The number of aromatic nitrogens is 2. The predicted molar refractivity (Wildman–Crippen MR) is 42.4 cm³/mol. The zero-order chi connectivity index (χ0) is 8.97. The van der Waals surface area contributed by atoms with Crippen molar-refractivity contribution >= 4 is 17.5 Å². The zero-order valence-electron chi connectivity index (χ0n) is 6.48. The molecule has 1 aromatic rings. The van der Waals surface area contributed by atoms with Crippen LogP contribution in [-0.2, 0) is 11.2 Å². The standard InChI is InChI=1S/C6H8N2O3S/c1-2-4-7-6(12-8-4)11-3-5(9)10/h2-3H2,1H3,(H,9,10). The minimum atomic E-state index is -1.01. The van der Waals surface area contributed by atoms with Crippen molar-refractivity contribution < 1.29 is 14.6 Å². The normalized spacial score (nSPS) is 9.75. The summed E-state index contributed by atoms with van der Waals surface area (Å²) >= 11 is 1.07. The van der Waals surface area contributed by atoms with Crippen LogP contribution in [0.5, 0.6) is 5.19 Å². The quantitative estimate of drug-likeness (QED) is 0.747. The fourth-order valence-corrected chi connectivity index (χ4v) is 1.17. The first kappa shape index (κ1) is 8.92. The van der Waals surface area contributed by atoms with Crippen molar-refractivity contribution in [3.8, 4) is 5.19 Å². The summed E-state index contributed by atoms with van der Waals surface area (Å²) in [4.78, 5) is 14.0. The molecule has 0 atom stereocenters. The Morgan fingerprint density at radius 1 is 1.75 bits per heavy atom. The SMILES string of the molecule is CCc1nsc(OCC(=O)O)n1. The van der Waals surface area contributed by atoms with Gasteiger partial charge >= 0.3 is 5.97 Å². The average molecular weight is 188 g/mol. The van der Waals surface area contributed by atoms with E-state index in [9.17, 15) is 4.79 Å². The number of ether oxygens (including phenoxy) is 1. The molecule has 0 saturated carbocycles. The summed E-state index contributed by atoms with van der Waals surface area (Å²) < 4.78 is 8.72. The number of carboxylic acids is 1. The Hall–Kier alpha value is -1.17. The summed E-state index contributed by atoms with van der Waals surface area (Å²) in [6.45, 7) is 1.56. The molecule has 0 amide bonds. The van der Waals surface area contributed by atoms with E-state index in [4.69, 9.17) is 9.84 Å². The van der Waals surface area contributed by atoms with Crippen LogP contribution in [0, 0.1) is 0 Å². The molecule has 1 aromatic heterocycles. The number of carboxylic acid groups (broad SMARTS) is 1. The monoisotopic (exact) mass is 188 g/mol. The van der Waals surface area contributed by atoms with Gasteiger partial charge in [0, 0.05) is 18.0 Å². The van der Waals surface area contributed by atoms with Crippen molar-refractivity contribution in [3.05, 3.63) is 5.82 Å². The summed E-state index contributed by atoms with van der Waals surface area (Å²) in [5.74, 6) is -0.330. The van der Waals surface area contributed by atoms with Crippen molar-refractivity contribution in [2.24, 2.45) is 0 Å². The number of rotatable bonds is 4. The zero-order valence-corrected chi connectivity index (χ0v) is 7.30. The molecule has 0 aliphatic heterocycles. The average Bonchev–Trinajstić information content (AvgIpc) is 2.48. The Morgan fingerprint density at radius 2 is 2.50 bits per heavy atom. The lowest BCUT2D eigenvalue weighted by Gasteiger charge is -1.93. The third-order valence-corrected chi connectivity index (χ3v) is 1.75. The van der Waals surface area contributed by atoms with Crippen LogP contribution >= 0.6 is 11.5 Å². The molecule has 0 radical (unpaired) electrons. The first-order valence-corrected chi connectivity index (χ1v) is 4.17. The highest BCUT2D eigenvalue weighted by Crippen LogP contribution is 2.13. The minimum absolute atomic E-state index is 0.314. The molecule has 5 nitrogen and oxygen atoms in total. The van der Waals surface area contributed by atoms with Crippen molar-refractivity contribution in [2.45, 2.75) is 13.3 Å². The lowest BCUT2D eigenvalue weighted by atomic mass is 10.5. The van der Waals surface area contributed by atoms with Gasteiger partial charge in [0.15, 0.2) is 6.61 Å². The molecule has 0 aliphatic rings. The van der Waals surface area contributed by atoms with Gasteiger partial charge in [0.05, 0.1) is 0 Å². The van der Waals surface area contributed by atoms with E-state index in [-0.39, 0.29) is 6.61 Å². The first-order valence-electron chi connectivity index (χ1n) is 3.39. The second-order valence-corrected chi connectivity index (χ2v) is 2.73. The van der Waals surface area contributed by atoms with Crippen molar-refractivity contribution in [3.63, 3.8) is 0 Å². The molecule has 0 fully saturated rings. The van der Waals surface area contributed by atoms with Gasteiger partial charge in [-0.05, 0) is 0 Å². The molecular formula is C6H8N2O3S. The second kappa shape index (κ2) is 4.01. The van der Waals surface area contributed by atoms with Crippen molar-refractivity contribution in [2.75, 3.05) is 6.61 Å². The molecule has 1 N–H and O–H groups in total. The van der Waals surface area contributed by atoms with Gasteiger partial charge in [0.2, 0.25) is 0 Å². The first-order chi connectivity index (χ1) is 5.72. The van der Waals surface area contributed by atoms with E-state index in [2.05, 4.69) is 9.36 Å². The molecule has 1 heterocycles. The van der Waals surface area contributed by atoms with Crippen LogP contribution in [0.1, 0.15) is 12.7 Å². The Morgan fingerprint density at radius 3 is 3.00 bits per heavy atom. The van der Waals surface area contributed by atoms with Gasteiger partial charge in [0.1, 0.15) is 5.82 Å². The Kier molecular flexibility index (Phi) is 2.98. The van der Waals surface area contributed by atoms with Crippen LogP contribution in [-0.4, -0.2) is 27.0 Å². The molecule has 1 rings (SSSR count). The van der Waals surface area contributed by atoms with Crippen LogP contribution in [0.3, 0.4) is 0 Å². The van der Waals surface area contributed by atoms with Gasteiger partial charge in [-0.1, -0.05) is 6.92 Å². The smallest absolute Gasteiger partial charge is 0.341 e. The van der Waals surface area contributed by atoms with E-state index in [1.165, 1.54) is 0 Å². The lowest BCUT2D eigenvalue weighted by molar-refractivity contribution is -0.139. The largest absolute Gasteiger partial charge is 0.479 e. The van der Waals surface area contributed by atoms with Crippen LogP contribution in [0.25, 0.3) is 0 Å². The molecule has 0 bridgehead atoms. The highest BCUT2D eigenvalue weighted by Gasteiger charge is 2.04. The summed E-state index contributed by atoms with van der Waals surface area (Å²) in [5, 5.41) is 8.58. The highest BCUT2D eigenvalue weighted by molar-refractivity contribution is 7.07. The Labute approximate surface area is 73.2 Å². The molecule has 12 heavy (non-hydrogen) atoms. The lowest BCUT2D eigenvalue weighted by Crippen LogP contribution is -2.09. The van der Waals surface area contributed by atoms with Gasteiger partial charge in [-0.15, -0.1) is 0 Å². The number of hydrogen-bond donors (Lipinski definition) is 1. The molecule has 0 spiro atoms.